The largest absolute Gasteiger partial charge is 0.481 e. The van der Waals surface area contributed by atoms with E-state index in [9.17, 15) is 9.59 Å². The second kappa shape index (κ2) is 11.6. The fourth-order valence-corrected chi connectivity index (χ4v) is 1.96. The zero-order chi connectivity index (χ0) is 16.9. The van der Waals surface area contributed by atoms with Gasteiger partial charge in [-0.25, -0.2) is 0 Å². The van der Waals surface area contributed by atoms with Crippen LogP contribution in [0.3, 0.4) is 0 Å². The van der Waals surface area contributed by atoms with Gasteiger partial charge in [-0.2, -0.15) is 0 Å². The molecule has 6 nitrogen and oxygen atoms in total. The number of amides is 1. The molecule has 0 spiro atoms. The standard InChI is InChI=1S/C17H25NO5/c1-14(13-15-5-3-2-4-6-15)17(21)18-8-10-23-12-11-22-9-7-16(19)20/h2-6,14H,7-13H2,1H3,(H,18,21)(H,19,20). The molecule has 23 heavy (non-hydrogen) atoms. The molecule has 1 atom stereocenters. The van der Waals surface area contributed by atoms with Crippen molar-refractivity contribution in [2.45, 2.75) is 19.8 Å². The van der Waals surface area contributed by atoms with Crippen LogP contribution < -0.4 is 5.32 Å². The summed E-state index contributed by atoms with van der Waals surface area (Å²) in [5, 5.41) is 11.3. The minimum Gasteiger partial charge on any atom is -0.481 e. The molecule has 0 aliphatic carbocycles. The molecule has 1 aromatic rings. The Hall–Kier alpha value is -1.92. The zero-order valence-corrected chi connectivity index (χ0v) is 13.5. The molecular formula is C17H25NO5. The van der Waals surface area contributed by atoms with E-state index in [0.717, 1.165) is 5.56 Å². The summed E-state index contributed by atoms with van der Waals surface area (Å²) in [5.74, 6) is -0.954. The average Bonchev–Trinajstić information content (AvgIpc) is 2.53. The van der Waals surface area contributed by atoms with Crippen LogP contribution in [0.5, 0.6) is 0 Å². The number of carbonyl (C=O) groups excluding carboxylic acids is 1. The van der Waals surface area contributed by atoms with Crippen molar-refractivity contribution in [1.82, 2.24) is 5.32 Å². The number of carboxylic acid groups (broad SMARTS) is 1. The van der Waals surface area contributed by atoms with Crippen LogP contribution in [0.25, 0.3) is 0 Å². The van der Waals surface area contributed by atoms with Gasteiger partial charge in [-0.3, -0.25) is 9.59 Å². The summed E-state index contributed by atoms with van der Waals surface area (Å²) < 4.78 is 10.4. The van der Waals surface area contributed by atoms with Gasteiger partial charge < -0.3 is 19.9 Å². The van der Waals surface area contributed by atoms with Gasteiger partial charge in [-0.05, 0) is 12.0 Å². The molecule has 0 saturated heterocycles. The number of nitrogens with one attached hydrogen (secondary N) is 1. The third-order valence-corrected chi connectivity index (χ3v) is 3.21. The highest BCUT2D eigenvalue weighted by Gasteiger charge is 2.12. The van der Waals surface area contributed by atoms with E-state index in [0.29, 0.717) is 32.8 Å². The Bertz CT molecular complexity index is 463. The van der Waals surface area contributed by atoms with Gasteiger partial charge >= 0.3 is 5.97 Å². The Kier molecular flexibility index (Phi) is 9.66. The highest BCUT2D eigenvalue weighted by atomic mass is 16.5. The van der Waals surface area contributed by atoms with Gasteiger partial charge in [-0.1, -0.05) is 37.3 Å². The van der Waals surface area contributed by atoms with E-state index in [-0.39, 0.29) is 24.9 Å². The van der Waals surface area contributed by atoms with Gasteiger partial charge in [0.25, 0.3) is 0 Å². The molecule has 1 rings (SSSR count). The summed E-state index contributed by atoms with van der Waals surface area (Å²) in [6.07, 6.45) is 0.709. The number of carbonyl (C=O) groups is 2. The van der Waals surface area contributed by atoms with Crippen LogP contribution in [0, 0.1) is 5.92 Å². The number of carboxylic acids is 1. The topological polar surface area (TPSA) is 84.9 Å². The van der Waals surface area contributed by atoms with Crippen molar-refractivity contribution in [3.8, 4) is 0 Å². The molecule has 0 fully saturated rings. The lowest BCUT2D eigenvalue weighted by atomic mass is 10.0. The number of benzene rings is 1. The lowest BCUT2D eigenvalue weighted by molar-refractivity contribution is -0.138. The Morgan fingerprint density at radius 2 is 1.74 bits per heavy atom. The predicted molar refractivity (Wildman–Crippen MR) is 86.2 cm³/mol. The zero-order valence-electron chi connectivity index (χ0n) is 13.5. The predicted octanol–water partition coefficient (Wildman–Crippen LogP) is 1.49. The molecule has 0 heterocycles. The maximum absolute atomic E-state index is 11.9. The summed E-state index contributed by atoms with van der Waals surface area (Å²) in [5.41, 5.74) is 1.14. The molecule has 1 aromatic carbocycles. The van der Waals surface area contributed by atoms with Gasteiger partial charge in [0, 0.05) is 12.5 Å². The van der Waals surface area contributed by atoms with Crippen molar-refractivity contribution in [1.29, 1.82) is 0 Å². The second-order valence-corrected chi connectivity index (χ2v) is 5.25. The lowest BCUT2D eigenvalue weighted by Gasteiger charge is -2.12. The maximum atomic E-state index is 11.9. The van der Waals surface area contributed by atoms with Crippen LogP contribution in [0.2, 0.25) is 0 Å². The van der Waals surface area contributed by atoms with E-state index in [1.165, 1.54) is 0 Å². The summed E-state index contributed by atoms with van der Waals surface area (Å²) in [6, 6.07) is 9.91. The van der Waals surface area contributed by atoms with Crippen LogP contribution in [0.4, 0.5) is 0 Å². The van der Waals surface area contributed by atoms with Gasteiger partial charge in [0.1, 0.15) is 0 Å². The van der Waals surface area contributed by atoms with E-state index in [2.05, 4.69) is 5.32 Å². The van der Waals surface area contributed by atoms with Crippen molar-refractivity contribution in [3.05, 3.63) is 35.9 Å². The van der Waals surface area contributed by atoms with E-state index in [1.807, 2.05) is 37.3 Å². The van der Waals surface area contributed by atoms with Crippen LogP contribution >= 0.6 is 0 Å². The Morgan fingerprint density at radius 1 is 1.09 bits per heavy atom. The van der Waals surface area contributed by atoms with E-state index in [1.54, 1.807) is 0 Å². The van der Waals surface area contributed by atoms with E-state index in [4.69, 9.17) is 14.6 Å². The van der Waals surface area contributed by atoms with Crippen molar-refractivity contribution >= 4 is 11.9 Å². The van der Waals surface area contributed by atoms with Crippen LogP contribution in [-0.4, -0.2) is 50.0 Å². The first-order valence-corrected chi connectivity index (χ1v) is 7.78. The highest BCUT2D eigenvalue weighted by molar-refractivity contribution is 5.78. The fourth-order valence-electron chi connectivity index (χ4n) is 1.96. The van der Waals surface area contributed by atoms with Gasteiger partial charge in [0.15, 0.2) is 0 Å². The SMILES string of the molecule is CC(Cc1ccccc1)C(=O)NCCOCCOCCC(=O)O. The van der Waals surface area contributed by atoms with Crippen molar-refractivity contribution in [3.63, 3.8) is 0 Å². The van der Waals surface area contributed by atoms with Crippen molar-refractivity contribution < 1.29 is 24.2 Å². The lowest BCUT2D eigenvalue weighted by Crippen LogP contribution is -2.33. The molecule has 128 valence electrons. The highest BCUT2D eigenvalue weighted by Crippen LogP contribution is 2.07. The van der Waals surface area contributed by atoms with Crippen LogP contribution in [-0.2, 0) is 25.5 Å². The Morgan fingerprint density at radius 3 is 2.39 bits per heavy atom. The average molecular weight is 323 g/mol. The minimum atomic E-state index is -0.877. The van der Waals surface area contributed by atoms with Crippen LogP contribution in [0.15, 0.2) is 30.3 Å². The smallest absolute Gasteiger partial charge is 0.305 e. The third-order valence-electron chi connectivity index (χ3n) is 3.21. The minimum absolute atomic E-state index is 0.00460. The number of hydrogen-bond donors (Lipinski definition) is 2. The summed E-state index contributed by atoms with van der Waals surface area (Å²) >= 11 is 0. The summed E-state index contributed by atoms with van der Waals surface area (Å²) in [7, 11) is 0. The van der Waals surface area contributed by atoms with Crippen molar-refractivity contribution in [2.75, 3.05) is 33.0 Å². The molecular weight excluding hydrogens is 298 g/mol. The maximum Gasteiger partial charge on any atom is 0.305 e. The van der Waals surface area contributed by atoms with E-state index >= 15 is 0 Å². The first-order valence-electron chi connectivity index (χ1n) is 7.78. The number of ether oxygens (including phenoxy) is 2. The summed E-state index contributed by atoms with van der Waals surface area (Å²) in [6.45, 7) is 3.69. The molecule has 0 bridgehead atoms. The molecule has 0 saturated carbocycles. The summed E-state index contributed by atoms with van der Waals surface area (Å²) in [4.78, 5) is 22.2. The number of hydrogen-bond acceptors (Lipinski definition) is 4. The molecule has 0 aliphatic rings. The molecule has 2 N–H and O–H groups in total. The quantitative estimate of drug-likeness (QED) is 0.569. The third kappa shape index (κ3) is 9.65. The first-order chi connectivity index (χ1) is 11.1. The van der Waals surface area contributed by atoms with E-state index < -0.39 is 5.97 Å². The molecule has 0 aliphatic heterocycles. The first kappa shape index (κ1) is 19.1. The Balaban J connectivity index is 2.00. The van der Waals surface area contributed by atoms with Gasteiger partial charge in [0.2, 0.25) is 5.91 Å². The monoisotopic (exact) mass is 323 g/mol. The van der Waals surface area contributed by atoms with Gasteiger partial charge in [-0.15, -0.1) is 0 Å². The Labute approximate surface area is 136 Å². The number of aliphatic carboxylic acids is 1. The van der Waals surface area contributed by atoms with Crippen LogP contribution in [0.1, 0.15) is 18.9 Å². The molecule has 1 unspecified atom stereocenters. The molecule has 0 aromatic heterocycles. The molecule has 1 amide bonds. The fraction of sp³-hybridized carbons (Fsp3) is 0.529. The molecule has 0 radical (unpaired) electrons. The second-order valence-electron chi connectivity index (χ2n) is 5.25. The normalized spacial score (nSPS) is 11.9. The van der Waals surface area contributed by atoms with Crippen molar-refractivity contribution in [2.24, 2.45) is 5.92 Å². The van der Waals surface area contributed by atoms with Gasteiger partial charge in [0.05, 0.1) is 32.8 Å². The number of rotatable bonds is 12. The molecule has 6 heteroatoms.